The summed E-state index contributed by atoms with van der Waals surface area (Å²) in [6.45, 7) is 3.14. The van der Waals surface area contributed by atoms with Gasteiger partial charge in [0.15, 0.2) is 0 Å². The molecule has 1 atom stereocenters. The molecule has 0 fully saturated rings. The fraction of sp³-hybridized carbons (Fsp3) is 0.316. The number of alkyl halides is 3. The van der Waals surface area contributed by atoms with E-state index in [9.17, 15) is 27.6 Å². The van der Waals surface area contributed by atoms with Crippen LogP contribution in [0, 0.1) is 6.92 Å². The van der Waals surface area contributed by atoms with E-state index in [0.29, 0.717) is 0 Å². The number of primary amides is 1. The molecule has 2 amide bonds. The van der Waals surface area contributed by atoms with Gasteiger partial charge in [0.25, 0.3) is 5.91 Å². The van der Waals surface area contributed by atoms with Gasteiger partial charge in [-0.3, -0.25) is 9.59 Å². The van der Waals surface area contributed by atoms with Crippen molar-refractivity contribution in [2.45, 2.75) is 32.4 Å². The van der Waals surface area contributed by atoms with Crippen molar-refractivity contribution >= 4 is 34.1 Å². The summed E-state index contributed by atoms with van der Waals surface area (Å²) in [5.41, 5.74) is 4.87. The van der Waals surface area contributed by atoms with Crippen LogP contribution in [0.3, 0.4) is 0 Å². The summed E-state index contributed by atoms with van der Waals surface area (Å²) < 4.78 is 43.7. The monoisotopic (exact) mass is 428 g/mol. The van der Waals surface area contributed by atoms with Gasteiger partial charge in [0.05, 0.1) is 29.0 Å². The fourth-order valence-electron chi connectivity index (χ4n) is 2.89. The van der Waals surface area contributed by atoms with Crippen LogP contribution in [-0.2, 0) is 15.7 Å². The van der Waals surface area contributed by atoms with Crippen molar-refractivity contribution in [1.29, 1.82) is 0 Å². The molecule has 29 heavy (non-hydrogen) atoms. The van der Waals surface area contributed by atoms with Gasteiger partial charge in [-0.05, 0) is 30.5 Å². The number of halogens is 3. The van der Waals surface area contributed by atoms with Crippen molar-refractivity contribution < 1.29 is 32.3 Å². The van der Waals surface area contributed by atoms with Gasteiger partial charge < -0.3 is 15.8 Å². The van der Waals surface area contributed by atoms with Crippen LogP contribution in [0.2, 0.25) is 0 Å². The predicted octanol–water partition coefficient (Wildman–Crippen LogP) is 4.09. The van der Waals surface area contributed by atoms with Crippen molar-refractivity contribution in [3.05, 3.63) is 51.4 Å². The Kier molecular flexibility index (Phi) is 6.68. The molecule has 0 aliphatic heterocycles. The highest BCUT2D eigenvalue weighted by Crippen LogP contribution is 2.36. The van der Waals surface area contributed by atoms with E-state index in [0.717, 1.165) is 30.6 Å². The minimum absolute atomic E-state index is 0.0152. The molecule has 0 saturated carbocycles. The lowest BCUT2D eigenvalue weighted by Crippen LogP contribution is -2.22. The number of nitrogens with one attached hydrogen (secondary N) is 1. The summed E-state index contributed by atoms with van der Waals surface area (Å²) >= 11 is 0.809. The van der Waals surface area contributed by atoms with Gasteiger partial charge in [-0.15, -0.1) is 11.3 Å². The number of thiophene rings is 1. The number of anilines is 1. The van der Waals surface area contributed by atoms with Crippen molar-refractivity contribution in [3.63, 3.8) is 0 Å². The maximum atomic E-state index is 13.0. The zero-order chi connectivity index (χ0) is 21.9. The number of benzene rings is 1. The number of hydrogen-bond acceptors (Lipinski definition) is 5. The Labute approximate surface area is 168 Å². The summed E-state index contributed by atoms with van der Waals surface area (Å²) in [5.74, 6) is -3.06. The summed E-state index contributed by atoms with van der Waals surface area (Å²) in [5, 5.41) is 2.59. The van der Waals surface area contributed by atoms with Crippen LogP contribution >= 0.6 is 11.3 Å². The van der Waals surface area contributed by atoms with Crippen LogP contribution in [0.4, 0.5) is 18.2 Å². The van der Waals surface area contributed by atoms with Gasteiger partial charge in [-0.2, -0.15) is 13.2 Å². The van der Waals surface area contributed by atoms with E-state index in [-0.39, 0.29) is 33.0 Å². The van der Waals surface area contributed by atoms with E-state index >= 15 is 0 Å². The molecule has 156 valence electrons. The third kappa shape index (κ3) is 4.76. The van der Waals surface area contributed by atoms with Gasteiger partial charge >= 0.3 is 12.1 Å². The molecule has 0 bridgehead atoms. The SMILES string of the molecule is CCC(C(=O)Nc1sc(C(N)=O)c(C)c1C(=O)OC)c1cccc(C(F)(F)F)c1. The Hall–Kier alpha value is -2.88. The molecule has 3 N–H and O–H groups in total. The van der Waals surface area contributed by atoms with Crippen molar-refractivity contribution in [3.8, 4) is 0 Å². The number of ether oxygens (including phenoxy) is 1. The largest absolute Gasteiger partial charge is 0.465 e. The van der Waals surface area contributed by atoms with Crippen LogP contribution in [0.1, 0.15) is 56.0 Å². The minimum Gasteiger partial charge on any atom is -0.465 e. The third-order valence-corrected chi connectivity index (χ3v) is 5.56. The molecular weight excluding hydrogens is 409 g/mol. The number of methoxy groups -OCH3 is 1. The second-order valence-corrected chi connectivity index (χ2v) is 7.21. The van der Waals surface area contributed by atoms with E-state index < -0.39 is 35.4 Å². The van der Waals surface area contributed by atoms with E-state index in [1.807, 2.05) is 0 Å². The van der Waals surface area contributed by atoms with Crippen LogP contribution in [-0.4, -0.2) is 24.9 Å². The zero-order valence-corrected chi connectivity index (χ0v) is 16.7. The molecule has 1 unspecified atom stereocenters. The average Bonchev–Trinajstić information content (AvgIpc) is 2.97. The lowest BCUT2D eigenvalue weighted by atomic mass is 9.94. The lowest BCUT2D eigenvalue weighted by molar-refractivity contribution is -0.137. The number of carbonyl (C=O) groups excluding carboxylic acids is 3. The first kappa shape index (κ1) is 22.4. The van der Waals surface area contributed by atoms with Gasteiger partial charge in [0.1, 0.15) is 5.00 Å². The smallest absolute Gasteiger partial charge is 0.416 e. The highest BCUT2D eigenvalue weighted by atomic mass is 32.1. The Morgan fingerprint density at radius 2 is 1.93 bits per heavy atom. The van der Waals surface area contributed by atoms with Crippen LogP contribution in [0.5, 0.6) is 0 Å². The number of amides is 2. The number of esters is 1. The average molecular weight is 428 g/mol. The van der Waals surface area contributed by atoms with E-state index in [1.165, 1.54) is 19.1 Å². The molecule has 1 aromatic carbocycles. The topological polar surface area (TPSA) is 98.5 Å². The number of nitrogens with two attached hydrogens (primary N) is 1. The minimum atomic E-state index is -4.54. The molecule has 2 rings (SSSR count). The summed E-state index contributed by atoms with van der Waals surface area (Å²) in [4.78, 5) is 36.6. The molecule has 2 aromatic rings. The molecule has 0 aliphatic carbocycles. The zero-order valence-electron chi connectivity index (χ0n) is 15.8. The highest BCUT2D eigenvalue weighted by Gasteiger charge is 2.32. The second-order valence-electron chi connectivity index (χ2n) is 6.19. The van der Waals surface area contributed by atoms with E-state index in [4.69, 9.17) is 10.5 Å². The van der Waals surface area contributed by atoms with Crippen LogP contribution < -0.4 is 11.1 Å². The van der Waals surface area contributed by atoms with Gasteiger partial charge in [0.2, 0.25) is 5.91 Å². The maximum absolute atomic E-state index is 13.0. The van der Waals surface area contributed by atoms with Crippen molar-refractivity contribution in [2.75, 3.05) is 12.4 Å². The predicted molar refractivity (Wildman–Crippen MR) is 102 cm³/mol. The molecule has 10 heteroatoms. The quantitative estimate of drug-likeness (QED) is 0.677. The molecule has 6 nitrogen and oxygen atoms in total. The first-order chi connectivity index (χ1) is 13.5. The molecule has 0 saturated heterocycles. The first-order valence-corrected chi connectivity index (χ1v) is 9.32. The molecule has 1 aromatic heterocycles. The maximum Gasteiger partial charge on any atom is 0.416 e. The third-order valence-electron chi connectivity index (χ3n) is 4.34. The van der Waals surface area contributed by atoms with Gasteiger partial charge in [0, 0.05) is 0 Å². The molecule has 0 spiro atoms. The van der Waals surface area contributed by atoms with Gasteiger partial charge in [-0.1, -0.05) is 25.1 Å². The number of rotatable bonds is 6. The number of carbonyl (C=O) groups is 3. The second kappa shape index (κ2) is 8.64. The Balaban J connectivity index is 2.41. The van der Waals surface area contributed by atoms with E-state index in [2.05, 4.69) is 5.32 Å². The van der Waals surface area contributed by atoms with Crippen LogP contribution in [0.15, 0.2) is 24.3 Å². The summed E-state index contributed by atoms with van der Waals surface area (Å²) in [6, 6.07) is 4.50. The van der Waals surface area contributed by atoms with Crippen molar-refractivity contribution in [2.24, 2.45) is 5.73 Å². The fourth-order valence-corrected chi connectivity index (χ4v) is 3.94. The molecule has 0 radical (unpaired) electrons. The Morgan fingerprint density at radius 3 is 2.45 bits per heavy atom. The van der Waals surface area contributed by atoms with Crippen molar-refractivity contribution in [1.82, 2.24) is 0 Å². The first-order valence-electron chi connectivity index (χ1n) is 8.50. The highest BCUT2D eigenvalue weighted by molar-refractivity contribution is 7.18. The molecular formula is C19H19F3N2O4S. The lowest BCUT2D eigenvalue weighted by Gasteiger charge is -2.17. The Morgan fingerprint density at radius 1 is 1.28 bits per heavy atom. The van der Waals surface area contributed by atoms with Gasteiger partial charge in [-0.25, -0.2) is 4.79 Å². The number of hydrogen-bond donors (Lipinski definition) is 2. The molecule has 1 heterocycles. The van der Waals surface area contributed by atoms with Crippen LogP contribution in [0.25, 0.3) is 0 Å². The summed E-state index contributed by atoms with van der Waals surface area (Å²) in [6.07, 6.45) is -4.32. The standard InChI is InChI=1S/C19H19F3N2O4S/c1-4-12(10-6-5-7-11(8-10)19(20,21)22)16(26)24-17-13(18(27)28-3)9(2)14(29-17)15(23)25/h5-8,12H,4H2,1-3H3,(H2,23,25)(H,24,26). The summed E-state index contributed by atoms with van der Waals surface area (Å²) in [7, 11) is 1.15. The normalized spacial score (nSPS) is 12.3. The molecule has 0 aliphatic rings. The Bertz CT molecular complexity index is 953. The van der Waals surface area contributed by atoms with E-state index in [1.54, 1.807) is 6.92 Å².